The third-order valence-corrected chi connectivity index (χ3v) is 5.44. The van der Waals surface area contributed by atoms with Gasteiger partial charge in [0.1, 0.15) is 11.6 Å². The van der Waals surface area contributed by atoms with Crippen molar-refractivity contribution in [3.05, 3.63) is 60.4 Å². The smallest absolute Gasteiger partial charge is 0.292 e. The van der Waals surface area contributed by atoms with Gasteiger partial charge in [-0.15, -0.1) is 0 Å². The summed E-state index contributed by atoms with van der Waals surface area (Å²) in [5.74, 6) is 4.39. The average Bonchev–Trinajstić information content (AvgIpc) is 3.79. The predicted octanol–water partition coefficient (Wildman–Crippen LogP) is 4.71. The minimum absolute atomic E-state index is 0.264. The number of carbonyl (C=O) groups excluding carboxylic acids is 3. The van der Waals surface area contributed by atoms with Gasteiger partial charge in [0.15, 0.2) is 23.0 Å². The number of likely N-dealkylation sites (N-methyl/N-ethyl adjacent to an activating group) is 1. The summed E-state index contributed by atoms with van der Waals surface area (Å²) in [5, 5.41) is 4.84. The van der Waals surface area contributed by atoms with Gasteiger partial charge in [-0.3, -0.25) is 14.4 Å². The van der Waals surface area contributed by atoms with E-state index in [1.165, 1.54) is 13.5 Å². The molecule has 0 aliphatic carbocycles. The lowest BCUT2D eigenvalue weighted by Crippen LogP contribution is -2.25. The summed E-state index contributed by atoms with van der Waals surface area (Å²) < 4.78 is 16.1. The lowest BCUT2D eigenvalue weighted by atomic mass is 10.1. The molecule has 1 aliphatic rings. The van der Waals surface area contributed by atoms with Gasteiger partial charge in [0, 0.05) is 31.0 Å². The monoisotopic (exact) mass is 668 g/mol. The summed E-state index contributed by atoms with van der Waals surface area (Å²) in [6, 6.07) is 11.8. The molecule has 3 heterocycles. The van der Waals surface area contributed by atoms with Crippen molar-refractivity contribution >= 4 is 18.8 Å². The van der Waals surface area contributed by atoms with Crippen molar-refractivity contribution in [3.8, 4) is 45.5 Å². The highest BCUT2D eigenvalue weighted by Crippen LogP contribution is 2.47. The van der Waals surface area contributed by atoms with E-state index in [-0.39, 0.29) is 12.5 Å². The molecule has 0 radical (unpaired) electrons. The topological polar surface area (TPSA) is 212 Å². The van der Waals surface area contributed by atoms with Crippen LogP contribution in [0.1, 0.15) is 52.7 Å². The third-order valence-electron chi connectivity index (χ3n) is 5.44. The van der Waals surface area contributed by atoms with Gasteiger partial charge in [0.25, 0.3) is 6.47 Å². The number of aryl methyl sites for hydroxylation is 2. The molecule has 2 aromatic heterocycles. The van der Waals surface area contributed by atoms with Crippen molar-refractivity contribution in [2.24, 2.45) is 11.5 Å². The van der Waals surface area contributed by atoms with Gasteiger partial charge in [-0.2, -0.15) is 0 Å². The van der Waals surface area contributed by atoms with Crippen LogP contribution in [0.4, 0.5) is 0 Å². The molecule has 0 fully saturated rings. The van der Waals surface area contributed by atoms with E-state index in [0.717, 1.165) is 53.5 Å². The zero-order chi connectivity index (χ0) is 36.3. The molecule has 48 heavy (non-hydrogen) atoms. The van der Waals surface area contributed by atoms with Crippen LogP contribution in [0, 0.1) is 0 Å². The van der Waals surface area contributed by atoms with Crippen molar-refractivity contribution in [1.82, 2.24) is 30.6 Å². The molecular weight excluding hydrogens is 616 g/mol. The zero-order valence-corrected chi connectivity index (χ0v) is 29.3. The number of carbonyl (C=O) groups is 3. The van der Waals surface area contributed by atoms with Crippen LogP contribution in [0.5, 0.6) is 23.0 Å². The second kappa shape index (κ2) is 25.9. The van der Waals surface area contributed by atoms with E-state index in [1.54, 1.807) is 14.1 Å². The first-order chi connectivity index (χ1) is 23.2. The van der Waals surface area contributed by atoms with Crippen molar-refractivity contribution in [3.63, 3.8) is 0 Å². The average molecular weight is 669 g/mol. The fraction of sp³-hybridized carbons (Fsp3) is 0.382. The number of benzene rings is 2. The number of nitrogens with one attached hydrogen (secondary N) is 4. The molecule has 14 heteroatoms. The Balaban J connectivity index is 0.000000914. The largest absolute Gasteiger partial charge is 0.471 e. The van der Waals surface area contributed by atoms with Crippen LogP contribution >= 0.6 is 0 Å². The highest BCUT2D eigenvalue weighted by atomic mass is 16.6. The number of methoxy groups -OCH3 is 1. The summed E-state index contributed by atoms with van der Waals surface area (Å²) in [6.07, 6.45) is 7.31. The first-order valence-corrected chi connectivity index (χ1v) is 15.6. The Morgan fingerprint density at radius 2 is 1.21 bits per heavy atom. The van der Waals surface area contributed by atoms with Crippen molar-refractivity contribution < 1.29 is 28.6 Å². The van der Waals surface area contributed by atoms with Crippen LogP contribution < -0.4 is 31.6 Å². The van der Waals surface area contributed by atoms with E-state index in [2.05, 4.69) is 63.0 Å². The molecule has 5 rings (SSSR count). The number of nitrogens with two attached hydrogens (primary N) is 2. The van der Waals surface area contributed by atoms with E-state index >= 15 is 0 Å². The lowest BCUT2D eigenvalue weighted by Gasteiger charge is -2.21. The number of ether oxygens (including phenoxy) is 3. The molecule has 0 saturated carbocycles. The van der Waals surface area contributed by atoms with Crippen molar-refractivity contribution in [1.29, 1.82) is 0 Å². The minimum atomic E-state index is -0.322. The number of aromatic amines is 2. The summed E-state index contributed by atoms with van der Waals surface area (Å²) in [6.45, 7) is 11.7. The highest BCUT2D eigenvalue weighted by molar-refractivity contribution is 5.75. The number of amides is 2. The Labute approximate surface area is 283 Å². The molecule has 14 nitrogen and oxygen atoms in total. The van der Waals surface area contributed by atoms with Gasteiger partial charge >= 0.3 is 0 Å². The number of nitrogens with zero attached hydrogens (tertiary/aromatic N) is 2. The van der Waals surface area contributed by atoms with Gasteiger partial charge in [-0.1, -0.05) is 41.0 Å². The molecule has 0 spiro atoms. The molecule has 8 N–H and O–H groups in total. The number of fused-ring (bicyclic) bond motifs is 2. The normalized spacial score (nSPS) is 9.69. The molecule has 1 aliphatic heterocycles. The molecule has 2 amide bonds. The second-order valence-corrected chi connectivity index (χ2v) is 9.57. The van der Waals surface area contributed by atoms with Crippen LogP contribution in [0.25, 0.3) is 22.5 Å². The molecule has 0 bridgehead atoms. The molecule has 0 unspecified atom stereocenters. The predicted molar refractivity (Wildman–Crippen MR) is 189 cm³/mol. The number of rotatable bonds is 8. The number of aromatic nitrogens is 4. The molecule has 2 aromatic carbocycles. The fourth-order valence-electron chi connectivity index (χ4n) is 3.47. The number of hydrogen-bond donors (Lipinski definition) is 6. The quantitative estimate of drug-likeness (QED) is 0.125. The van der Waals surface area contributed by atoms with Gasteiger partial charge in [0.05, 0.1) is 37.4 Å². The van der Waals surface area contributed by atoms with Crippen molar-refractivity contribution in [2.45, 2.75) is 53.9 Å². The molecular formula is C34H52N8O6. The molecule has 264 valence electrons. The SMILES string of the molecule is CCC.CCN.CCc1ncc(-c2ccc3c(c2)Oc2ccc(-c4cnc(CC)[nH]4)cc2O3)[nH]1.CNC=O.CNCC(N)=O.COC=O. The lowest BCUT2D eigenvalue weighted by molar-refractivity contribution is -0.126. The second-order valence-electron chi connectivity index (χ2n) is 9.57. The Kier molecular flexibility index (Phi) is 23.1. The Hall–Kier alpha value is -5.21. The van der Waals surface area contributed by atoms with E-state index in [0.29, 0.717) is 35.9 Å². The van der Waals surface area contributed by atoms with Gasteiger partial charge in [-0.25, -0.2) is 9.97 Å². The Morgan fingerprint density at radius 1 is 0.833 bits per heavy atom. The maximum absolute atomic E-state index is 9.76. The van der Waals surface area contributed by atoms with Gasteiger partial charge in [-0.05, 0) is 50.0 Å². The van der Waals surface area contributed by atoms with Crippen LogP contribution in [0.2, 0.25) is 0 Å². The van der Waals surface area contributed by atoms with E-state index < -0.39 is 0 Å². The van der Waals surface area contributed by atoms with Crippen LogP contribution in [0.3, 0.4) is 0 Å². The maximum atomic E-state index is 9.76. The van der Waals surface area contributed by atoms with E-state index in [1.807, 2.05) is 55.7 Å². The summed E-state index contributed by atoms with van der Waals surface area (Å²) >= 11 is 0. The summed E-state index contributed by atoms with van der Waals surface area (Å²) in [4.78, 5) is 43.2. The van der Waals surface area contributed by atoms with Crippen molar-refractivity contribution in [2.75, 3.05) is 34.3 Å². The van der Waals surface area contributed by atoms with E-state index in [9.17, 15) is 4.79 Å². The third kappa shape index (κ3) is 15.9. The van der Waals surface area contributed by atoms with Crippen LogP contribution in [-0.4, -0.2) is 73.0 Å². The maximum Gasteiger partial charge on any atom is 0.292 e. The number of H-pyrrole nitrogens is 2. The summed E-state index contributed by atoms with van der Waals surface area (Å²) in [5.41, 5.74) is 13.5. The van der Waals surface area contributed by atoms with E-state index in [4.69, 9.17) is 30.5 Å². The fourth-order valence-corrected chi connectivity index (χ4v) is 3.47. The standard InChI is InChI=1S/C22H20N4O2.C3H8N2O.C3H8.C2H5NO.C2H7N.C2H4O2/c1-3-21-23-11-15(25-21)13-5-7-17-19(9-13)27-18-8-6-14(10-20(18)28-17)16-12-24-22(4-2)26-16;1-5-2-3(4)6;1-3-2;1-3-2-4;1-2-3;1-4-2-3/h5-12H,3-4H2,1-2H3,(H,23,25)(H,24,26);5H,2H2,1H3,(H2,4,6);3H2,1-2H3;2H,1H3,(H,3,4);2-3H2,1H3;2H,1H3. The zero-order valence-electron chi connectivity index (χ0n) is 29.3. The number of hydrogen-bond acceptors (Lipinski definition) is 10. The molecule has 0 saturated heterocycles. The first kappa shape index (κ1) is 42.8. The van der Waals surface area contributed by atoms with Gasteiger partial charge in [0.2, 0.25) is 12.3 Å². The molecule has 0 atom stereocenters. The minimum Gasteiger partial charge on any atom is -0.471 e. The molecule has 4 aromatic rings. The highest BCUT2D eigenvalue weighted by Gasteiger charge is 2.20. The Morgan fingerprint density at radius 3 is 1.44 bits per heavy atom. The van der Waals surface area contributed by atoms with Crippen LogP contribution in [-0.2, 0) is 32.0 Å². The number of imidazole rings is 2. The van der Waals surface area contributed by atoms with Gasteiger partial charge < -0.3 is 46.3 Å². The first-order valence-electron chi connectivity index (χ1n) is 15.6. The van der Waals surface area contributed by atoms with Crippen LogP contribution in [0.15, 0.2) is 48.8 Å². The number of primary amides is 1. The summed E-state index contributed by atoms with van der Waals surface area (Å²) in [7, 11) is 4.55. The Bertz CT molecular complexity index is 1370.